The molecule has 0 saturated heterocycles. The number of benzene rings is 2. The third-order valence-electron chi connectivity index (χ3n) is 5.23. The molecular weight excluding hydrogens is 380 g/mol. The van der Waals surface area contributed by atoms with Crippen LogP contribution in [-0.4, -0.2) is 34.5 Å². The van der Waals surface area contributed by atoms with Crippen molar-refractivity contribution in [1.29, 1.82) is 5.26 Å². The van der Waals surface area contributed by atoms with E-state index in [1.54, 1.807) is 20.1 Å². The number of nitrogens with one attached hydrogen (secondary N) is 1. The third kappa shape index (κ3) is 3.37. The summed E-state index contributed by atoms with van der Waals surface area (Å²) in [5.74, 6) is 0.425. The highest BCUT2D eigenvalue weighted by molar-refractivity contribution is 5.89. The molecule has 0 amide bonds. The molecule has 4 aromatic rings. The van der Waals surface area contributed by atoms with Crippen LogP contribution >= 0.6 is 0 Å². The van der Waals surface area contributed by atoms with Crippen molar-refractivity contribution < 1.29 is 14.3 Å². The van der Waals surface area contributed by atoms with Crippen LogP contribution < -0.4 is 4.74 Å². The summed E-state index contributed by atoms with van der Waals surface area (Å²) in [5, 5.41) is 16.2. The van der Waals surface area contributed by atoms with Gasteiger partial charge in [0, 0.05) is 39.8 Å². The summed E-state index contributed by atoms with van der Waals surface area (Å²) >= 11 is 0. The van der Waals surface area contributed by atoms with Crippen LogP contribution in [0.2, 0.25) is 0 Å². The number of nitriles is 1. The van der Waals surface area contributed by atoms with Gasteiger partial charge < -0.3 is 14.5 Å². The van der Waals surface area contributed by atoms with Gasteiger partial charge in [-0.05, 0) is 43.7 Å². The number of hydrogen-bond acceptors (Lipinski definition) is 5. The first-order chi connectivity index (χ1) is 14.5. The largest absolute Gasteiger partial charge is 0.496 e. The number of H-pyrrole nitrogens is 1. The Morgan fingerprint density at radius 3 is 2.87 bits per heavy atom. The molecule has 0 radical (unpaired) electrons. The van der Waals surface area contributed by atoms with Gasteiger partial charge in [0.15, 0.2) is 0 Å². The number of aromatic nitrogens is 3. The predicted molar refractivity (Wildman–Crippen MR) is 113 cm³/mol. The molecular formula is C23H22N4O3. The number of ether oxygens (including phenoxy) is 2. The zero-order valence-electron chi connectivity index (χ0n) is 17.2. The van der Waals surface area contributed by atoms with Crippen LogP contribution in [-0.2, 0) is 22.5 Å². The van der Waals surface area contributed by atoms with Crippen LogP contribution in [0.4, 0.5) is 0 Å². The molecule has 30 heavy (non-hydrogen) atoms. The highest BCUT2D eigenvalue weighted by atomic mass is 16.5. The van der Waals surface area contributed by atoms with E-state index in [0.717, 1.165) is 33.2 Å². The van der Waals surface area contributed by atoms with Gasteiger partial charge in [-0.3, -0.25) is 9.48 Å². The second kappa shape index (κ2) is 7.91. The molecule has 1 N–H and O–H groups in total. The first-order valence-corrected chi connectivity index (χ1v) is 9.74. The lowest BCUT2D eigenvalue weighted by Crippen LogP contribution is -2.09. The average Bonchev–Trinajstić information content (AvgIpc) is 3.37. The van der Waals surface area contributed by atoms with Crippen molar-refractivity contribution in [1.82, 2.24) is 14.8 Å². The Morgan fingerprint density at radius 1 is 1.30 bits per heavy atom. The Balaban J connectivity index is 1.80. The van der Waals surface area contributed by atoms with Gasteiger partial charge >= 0.3 is 5.97 Å². The number of aryl methyl sites for hydroxylation is 1. The van der Waals surface area contributed by atoms with Gasteiger partial charge in [-0.2, -0.15) is 10.4 Å². The maximum Gasteiger partial charge on any atom is 0.310 e. The number of hydrogen-bond donors (Lipinski definition) is 1. The summed E-state index contributed by atoms with van der Waals surface area (Å²) in [6, 6.07) is 9.77. The number of rotatable bonds is 6. The molecule has 2 heterocycles. The SMILES string of the molecule is CCOC(=O)Cc1c(C#N)ccc2cn(Cc3c(OC)cc(C)c4[nH]ccc34)nc12. The predicted octanol–water partition coefficient (Wildman–Crippen LogP) is 3.86. The van der Waals surface area contributed by atoms with E-state index in [4.69, 9.17) is 14.6 Å². The number of aromatic amines is 1. The van der Waals surface area contributed by atoms with Gasteiger partial charge in [-0.15, -0.1) is 0 Å². The van der Waals surface area contributed by atoms with Gasteiger partial charge in [0.1, 0.15) is 5.75 Å². The van der Waals surface area contributed by atoms with Crippen molar-refractivity contribution in [3.63, 3.8) is 0 Å². The minimum absolute atomic E-state index is 0.0149. The molecule has 0 saturated carbocycles. The van der Waals surface area contributed by atoms with Crippen molar-refractivity contribution in [2.24, 2.45) is 0 Å². The molecule has 7 nitrogen and oxygen atoms in total. The van der Waals surface area contributed by atoms with Gasteiger partial charge in [-0.1, -0.05) is 0 Å². The molecule has 0 spiro atoms. The normalized spacial score (nSPS) is 11.0. The number of carbonyl (C=O) groups is 1. The number of methoxy groups -OCH3 is 1. The van der Waals surface area contributed by atoms with Crippen LogP contribution in [0, 0.1) is 18.3 Å². The van der Waals surface area contributed by atoms with Crippen LogP contribution in [0.15, 0.2) is 36.7 Å². The molecule has 7 heteroatoms. The van der Waals surface area contributed by atoms with Crippen molar-refractivity contribution >= 4 is 27.8 Å². The third-order valence-corrected chi connectivity index (χ3v) is 5.23. The Kier molecular flexibility index (Phi) is 5.15. The molecule has 0 aliphatic carbocycles. The van der Waals surface area contributed by atoms with Gasteiger partial charge in [0.2, 0.25) is 0 Å². The Morgan fingerprint density at radius 2 is 2.13 bits per heavy atom. The molecule has 152 valence electrons. The number of esters is 1. The minimum atomic E-state index is -0.370. The second-order valence-corrected chi connectivity index (χ2v) is 7.09. The maximum atomic E-state index is 12.1. The zero-order chi connectivity index (χ0) is 21.3. The summed E-state index contributed by atoms with van der Waals surface area (Å²) in [6.45, 7) is 4.59. The van der Waals surface area contributed by atoms with Crippen molar-refractivity contribution in [3.8, 4) is 11.8 Å². The monoisotopic (exact) mass is 402 g/mol. The summed E-state index contributed by atoms with van der Waals surface area (Å²) in [7, 11) is 1.66. The minimum Gasteiger partial charge on any atom is -0.496 e. The van der Waals surface area contributed by atoms with Gasteiger partial charge in [0.05, 0.1) is 43.8 Å². The topological polar surface area (TPSA) is 92.9 Å². The molecule has 0 atom stereocenters. The number of carbonyl (C=O) groups excluding carboxylic acids is 1. The summed E-state index contributed by atoms with van der Waals surface area (Å²) < 4.78 is 12.5. The molecule has 2 aromatic heterocycles. The van der Waals surface area contributed by atoms with Crippen molar-refractivity contribution in [2.75, 3.05) is 13.7 Å². The smallest absolute Gasteiger partial charge is 0.310 e. The highest BCUT2D eigenvalue weighted by Gasteiger charge is 2.17. The van der Waals surface area contributed by atoms with E-state index in [1.165, 1.54) is 0 Å². The average molecular weight is 402 g/mol. The second-order valence-electron chi connectivity index (χ2n) is 7.09. The number of fused-ring (bicyclic) bond motifs is 2. The fourth-order valence-electron chi connectivity index (χ4n) is 3.86. The standard InChI is InChI=1S/C23H22N4O3/c1-4-30-21(28)10-18-15(11-24)5-6-16-12-27(26-23(16)18)13-19-17-7-8-25-22(17)14(2)9-20(19)29-3/h5-9,12,25H,4,10,13H2,1-3H3. The molecule has 0 aliphatic rings. The van der Waals surface area contributed by atoms with E-state index < -0.39 is 0 Å². The fourth-order valence-corrected chi connectivity index (χ4v) is 3.86. The van der Waals surface area contributed by atoms with Crippen LogP contribution in [0.5, 0.6) is 5.75 Å². The summed E-state index contributed by atoms with van der Waals surface area (Å²) in [5.41, 5.74) is 4.85. The van der Waals surface area contributed by atoms with Crippen molar-refractivity contribution in [3.05, 3.63) is 58.9 Å². The first-order valence-electron chi connectivity index (χ1n) is 9.74. The first kappa shape index (κ1) is 19.5. The van der Waals surface area contributed by atoms with E-state index in [9.17, 15) is 10.1 Å². The zero-order valence-corrected chi connectivity index (χ0v) is 17.2. The van der Waals surface area contributed by atoms with Crippen LogP contribution in [0.3, 0.4) is 0 Å². The van der Waals surface area contributed by atoms with E-state index in [0.29, 0.717) is 29.8 Å². The van der Waals surface area contributed by atoms with E-state index in [2.05, 4.69) is 11.1 Å². The lowest BCUT2D eigenvalue weighted by molar-refractivity contribution is -0.142. The fraction of sp³-hybridized carbons (Fsp3) is 0.261. The van der Waals surface area contributed by atoms with Gasteiger partial charge in [0.25, 0.3) is 0 Å². The lowest BCUT2D eigenvalue weighted by atomic mass is 10.0. The van der Waals surface area contributed by atoms with E-state index in [-0.39, 0.29) is 12.4 Å². The Labute approximate surface area is 173 Å². The number of nitrogens with zero attached hydrogens (tertiary/aromatic N) is 3. The van der Waals surface area contributed by atoms with Crippen molar-refractivity contribution in [2.45, 2.75) is 26.8 Å². The van der Waals surface area contributed by atoms with Crippen LogP contribution in [0.25, 0.3) is 21.8 Å². The van der Waals surface area contributed by atoms with Crippen LogP contribution in [0.1, 0.15) is 29.2 Å². The van der Waals surface area contributed by atoms with E-state index >= 15 is 0 Å². The molecule has 2 aromatic carbocycles. The summed E-state index contributed by atoms with van der Waals surface area (Å²) in [4.78, 5) is 15.3. The Hall–Kier alpha value is -3.79. The molecule has 0 fully saturated rings. The highest BCUT2D eigenvalue weighted by Crippen LogP contribution is 2.31. The molecule has 0 bridgehead atoms. The van der Waals surface area contributed by atoms with E-state index in [1.807, 2.05) is 42.2 Å². The quantitative estimate of drug-likeness (QED) is 0.494. The maximum absolute atomic E-state index is 12.1. The lowest BCUT2D eigenvalue weighted by Gasteiger charge is -2.12. The Bertz CT molecular complexity index is 1290. The molecule has 4 rings (SSSR count). The summed E-state index contributed by atoms with van der Waals surface area (Å²) in [6.07, 6.45) is 3.85. The molecule has 0 unspecified atom stereocenters. The van der Waals surface area contributed by atoms with Gasteiger partial charge in [-0.25, -0.2) is 0 Å². The molecule has 0 aliphatic heterocycles.